The highest BCUT2D eigenvalue weighted by atomic mass is 32.2. The largest absolute Gasteiger partial charge is 0.465 e. The van der Waals surface area contributed by atoms with Crippen LogP contribution in [0, 0.1) is 0 Å². The van der Waals surface area contributed by atoms with Crippen molar-refractivity contribution in [3.63, 3.8) is 0 Å². The maximum Gasteiger partial charge on any atom is 0.404 e. The summed E-state index contributed by atoms with van der Waals surface area (Å²) in [6, 6.07) is 0. The molecule has 0 bridgehead atoms. The zero-order chi connectivity index (χ0) is 8.81. The van der Waals surface area contributed by atoms with E-state index in [9.17, 15) is 4.79 Å². The van der Waals surface area contributed by atoms with Gasteiger partial charge in [-0.25, -0.2) is 4.79 Å². The molecule has 66 valence electrons. The zero-order valence-electron chi connectivity index (χ0n) is 6.15. The van der Waals surface area contributed by atoms with Crippen LogP contribution in [0.2, 0.25) is 0 Å². The fourth-order valence-corrected chi connectivity index (χ4v) is 1.23. The van der Waals surface area contributed by atoms with Gasteiger partial charge in [-0.05, 0) is 0 Å². The van der Waals surface area contributed by atoms with Crippen molar-refractivity contribution >= 4 is 17.9 Å². The molecular weight excluding hydrogens is 180 g/mol. The van der Waals surface area contributed by atoms with Gasteiger partial charge in [-0.15, -0.1) is 16.9 Å². The number of amides is 1. The summed E-state index contributed by atoms with van der Waals surface area (Å²) in [5, 5.41) is 21.0. The average Bonchev–Trinajstić information content (AvgIpc) is 2.49. The Hall–Kier alpha value is -1.24. The summed E-state index contributed by atoms with van der Waals surface area (Å²) in [6.45, 7) is 0.416. The maximum atomic E-state index is 10.0. The number of carbonyl (C=O) groups is 1. The van der Waals surface area contributed by atoms with Crippen LogP contribution in [0.4, 0.5) is 4.79 Å². The van der Waals surface area contributed by atoms with Crippen LogP contribution in [-0.4, -0.2) is 38.9 Å². The fraction of sp³-hybridized carbons (Fsp3) is 0.400. The van der Waals surface area contributed by atoms with Gasteiger partial charge in [0.1, 0.15) is 5.03 Å². The van der Waals surface area contributed by atoms with Crippen LogP contribution < -0.4 is 5.32 Å². The molecule has 0 atom stereocenters. The third kappa shape index (κ3) is 3.24. The smallest absolute Gasteiger partial charge is 0.404 e. The molecule has 1 rings (SSSR count). The molecule has 0 radical (unpaired) electrons. The molecule has 3 N–H and O–H groups in total. The predicted molar refractivity (Wildman–Crippen MR) is 43.1 cm³/mol. The minimum atomic E-state index is -1.00. The summed E-state index contributed by atoms with van der Waals surface area (Å²) in [7, 11) is 0. The lowest BCUT2D eigenvalue weighted by molar-refractivity contribution is 0.195. The Kier molecular flexibility index (Phi) is 3.39. The van der Waals surface area contributed by atoms with E-state index in [0.717, 1.165) is 5.03 Å². The molecule has 0 aliphatic rings. The number of aromatic nitrogens is 3. The monoisotopic (exact) mass is 188 g/mol. The van der Waals surface area contributed by atoms with Crippen molar-refractivity contribution in [1.82, 2.24) is 20.7 Å². The third-order valence-corrected chi connectivity index (χ3v) is 1.94. The highest BCUT2D eigenvalue weighted by Crippen LogP contribution is 2.10. The summed E-state index contributed by atoms with van der Waals surface area (Å²) in [6.07, 6.45) is 0.587. The lowest BCUT2D eigenvalue weighted by Crippen LogP contribution is -2.23. The summed E-state index contributed by atoms with van der Waals surface area (Å²) in [5.41, 5.74) is 0. The number of hydrogen-bond donors (Lipinski definition) is 3. The highest BCUT2D eigenvalue weighted by molar-refractivity contribution is 7.99. The molecule has 1 amide bonds. The van der Waals surface area contributed by atoms with Gasteiger partial charge >= 0.3 is 6.09 Å². The summed E-state index contributed by atoms with van der Waals surface area (Å²) in [5.74, 6) is 0.663. The fourth-order valence-electron chi connectivity index (χ4n) is 0.577. The van der Waals surface area contributed by atoms with E-state index in [4.69, 9.17) is 5.11 Å². The van der Waals surface area contributed by atoms with E-state index in [2.05, 4.69) is 20.7 Å². The minimum Gasteiger partial charge on any atom is -0.465 e. The maximum absolute atomic E-state index is 10.0. The summed E-state index contributed by atoms with van der Waals surface area (Å²) in [4.78, 5) is 10.0. The van der Waals surface area contributed by atoms with Crippen LogP contribution in [0.3, 0.4) is 0 Å². The molecule has 12 heavy (non-hydrogen) atoms. The standard InChI is InChI=1S/C5H8N4O2S/c10-5(11)6-1-2-12-4-3-7-9-8-4/h3,6H,1-2H2,(H,10,11)(H,7,8,9). The normalized spacial score (nSPS) is 9.67. The van der Waals surface area contributed by atoms with Crippen molar-refractivity contribution in [2.24, 2.45) is 0 Å². The number of H-pyrrole nitrogens is 1. The van der Waals surface area contributed by atoms with Gasteiger partial charge in [0, 0.05) is 12.3 Å². The molecule has 7 heteroatoms. The number of nitrogens with one attached hydrogen (secondary N) is 2. The molecule has 0 fully saturated rings. The van der Waals surface area contributed by atoms with Crippen LogP contribution in [0.5, 0.6) is 0 Å². The van der Waals surface area contributed by atoms with E-state index in [1.54, 1.807) is 6.20 Å². The van der Waals surface area contributed by atoms with Crippen LogP contribution >= 0.6 is 11.8 Å². The molecular formula is C5H8N4O2S. The van der Waals surface area contributed by atoms with E-state index in [0.29, 0.717) is 12.3 Å². The van der Waals surface area contributed by atoms with E-state index in [1.165, 1.54) is 11.8 Å². The molecule has 1 aromatic rings. The second kappa shape index (κ2) is 4.60. The van der Waals surface area contributed by atoms with Crippen molar-refractivity contribution in [3.05, 3.63) is 6.20 Å². The molecule has 0 aromatic carbocycles. The van der Waals surface area contributed by atoms with Crippen molar-refractivity contribution < 1.29 is 9.90 Å². The quantitative estimate of drug-likeness (QED) is 0.462. The Morgan fingerprint density at radius 3 is 3.25 bits per heavy atom. The van der Waals surface area contributed by atoms with Gasteiger partial charge in [-0.1, -0.05) is 5.21 Å². The number of rotatable bonds is 4. The lowest BCUT2D eigenvalue weighted by Gasteiger charge is -1.97. The van der Waals surface area contributed by atoms with Crippen molar-refractivity contribution in [3.8, 4) is 0 Å². The Labute approximate surface area is 72.7 Å². The Bertz CT molecular complexity index is 238. The number of hydrogen-bond acceptors (Lipinski definition) is 4. The van der Waals surface area contributed by atoms with Crippen molar-refractivity contribution in [1.29, 1.82) is 0 Å². The minimum absolute atomic E-state index is 0.416. The molecule has 0 unspecified atom stereocenters. The molecule has 0 aliphatic heterocycles. The van der Waals surface area contributed by atoms with Gasteiger partial charge in [0.15, 0.2) is 0 Å². The Morgan fingerprint density at radius 2 is 2.67 bits per heavy atom. The SMILES string of the molecule is O=C(O)NCCSc1cnn[nH]1. The number of carboxylic acid groups (broad SMARTS) is 1. The predicted octanol–water partition coefficient (Wildman–Crippen LogP) is 0.164. The lowest BCUT2D eigenvalue weighted by atomic mass is 10.7. The van der Waals surface area contributed by atoms with E-state index in [1.807, 2.05) is 0 Å². The Balaban J connectivity index is 2.07. The van der Waals surface area contributed by atoms with Crippen LogP contribution in [0.1, 0.15) is 0 Å². The van der Waals surface area contributed by atoms with E-state index >= 15 is 0 Å². The average molecular weight is 188 g/mol. The van der Waals surface area contributed by atoms with E-state index < -0.39 is 6.09 Å². The third-order valence-electron chi connectivity index (χ3n) is 1.03. The number of nitrogens with zero attached hydrogens (tertiary/aromatic N) is 2. The number of thioether (sulfide) groups is 1. The first-order valence-corrected chi connectivity index (χ1v) is 4.23. The van der Waals surface area contributed by atoms with Gasteiger partial charge in [0.05, 0.1) is 6.20 Å². The summed E-state index contributed by atoms with van der Waals surface area (Å²) >= 11 is 1.46. The van der Waals surface area contributed by atoms with Crippen molar-refractivity contribution in [2.75, 3.05) is 12.3 Å². The zero-order valence-corrected chi connectivity index (χ0v) is 6.97. The first kappa shape index (κ1) is 8.85. The van der Waals surface area contributed by atoms with Gasteiger partial charge in [0.25, 0.3) is 0 Å². The topological polar surface area (TPSA) is 90.9 Å². The van der Waals surface area contributed by atoms with Gasteiger partial charge in [0.2, 0.25) is 0 Å². The van der Waals surface area contributed by atoms with Gasteiger partial charge in [-0.3, -0.25) is 5.10 Å². The molecule has 0 aliphatic carbocycles. The summed E-state index contributed by atoms with van der Waals surface area (Å²) < 4.78 is 0. The number of aromatic amines is 1. The second-order valence-electron chi connectivity index (χ2n) is 1.90. The molecule has 0 saturated heterocycles. The van der Waals surface area contributed by atoms with Gasteiger partial charge in [-0.2, -0.15) is 0 Å². The van der Waals surface area contributed by atoms with Crippen LogP contribution in [0.15, 0.2) is 11.2 Å². The highest BCUT2D eigenvalue weighted by Gasteiger charge is 1.96. The second-order valence-corrected chi connectivity index (χ2v) is 3.04. The first-order chi connectivity index (χ1) is 5.79. The van der Waals surface area contributed by atoms with Crippen molar-refractivity contribution in [2.45, 2.75) is 5.03 Å². The molecule has 1 aromatic heterocycles. The van der Waals surface area contributed by atoms with Crippen LogP contribution in [0.25, 0.3) is 0 Å². The first-order valence-electron chi connectivity index (χ1n) is 3.24. The Morgan fingerprint density at radius 1 is 1.83 bits per heavy atom. The molecule has 0 saturated carbocycles. The van der Waals surface area contributed by atoms with Gasteiger partial charge < -0.3 is 10.4 Å². The van der Waals surface area contributed by atoms with Crippen LogP contribution in [-0.2, 0) is 0 Å². The van der Waals surface area contributed by atoms with E-state index in [-0.39, 0.29) is 0 Å². The molecule has 6 nitrogen and oxygen atoms in total. The molecule has 1 heterocycles. The molecule has 0 spiro atoms.